The van der Waals surface area contributed by atoms with E-state index in [2.05, 4.69) is 0 Å². The number of amides is 3. The zero-order valence-corrected chi connectivity index (χ0v) is 15.8. The van der Waals surface area contributed by atoms with E-state index in [0.29, 0.717) is 24.2 Å². The summed E-state index contributed by atoms with van der Waals surface area (Å²) in [6.45, 7) is 0.678. The number of imide groups is 1. The highest BCUT2D eigenvalue weighted by Crippen LogP contribution is 2.24. The number of rotatable bonds is 8. The minimum atomic E-state index is -0.621. The molecule has 0 fully saturated rings. The maximum absolute atomic E-state index is 12.5. The van der Waals surface area contributed by atoms with Gasteiger partial charge in [0.15, 0.2) is 0 Å². The quantitative estimate of drug-likeness (QED) is 0.413. The number of nitrogens with two attached hydrogens (primary N) is 1. The van der Waals surface area contributed by atoms with Crippen LogP contribution < -0.4 is 5.73 Å². The van der Waals surface area contributed by atoms with Gasteiger partial charge in [0, 0.05) is 25.8 Å². The zero-order chi connectivity index (χ0) is 21.0. The smallest absolute Gasteiger partial charge is 0.338 e. The second-order valence-electron chi connectivity index (χ2n) is 6.51. The monoisotopic (exact) mass is 396 g/mol. The van der Waals surface area contributed by atoms with E-state index >= 15 is 0 Å². The lowest BCUT2D eigenvalue weighted by Crippen LogP contribution is -2.31. The Hall–Kier alpha value is -3.52. The van der Waals surface area contributed by atoms with Crippen LogP contribution in [0.1, 0.15) is 53.4 Å². The molecule has 0 aromatic heterocycles. The average Bonchev–Trinajstić information content (AvgIpc) is 2.96. The van der Waals surface area contributed by atoms with Crippen molar-refractivity contribution in [3.63, 3.8) is 0 Å². The van der Waals surface area contributed by atoms with E-state index in [9.17, 15) is 19.2 Å². The highest BCUT2D eigenvalue weighted by Gasteiger charge is 2.35. The van der Waals surface area contributed by atoms with Gasteiger partial charge in [0.05, 0.1) is 16.7 Å². The molecule has 0 bridgehead atoms. The van der Waals surface area contributed by atoms with Crippen molar-refractivity contribution in [2.45, 2.75) is 13.0 Å². The van der Waals surface area contributed by atoms with Crippen LogP contribution in [0.3, 0.4) is 0 Å². The number of hydrogen-bond donors (Lipinski definition) is 1. The third kappa shape index (κ3) is 4.33. The molecular weight excluding hydrogens is 376 g/mol. The van der Waals surface area contributed by atoms with E-state index in [4.69, 9.17) is 15.2 Å². The Morgan fingerprint density at radius 3 is 2.28 bits per heavy atom. The molecule has 3 rings (SSSR count). The molecule has 2 aromatic rings. The van der Waals surface area contributed by atoms with Crippen LogP contribution in [0.25, 0.3) is 0 Å². The summed E-state index contributed by atoms with van der Waals surface area (Å²) in [4.78, 5) is 49.5. The molecule has 3 amide bonds. The molecule has 1 aliphatic rings. The number of primary amides is 1. The number of esters is 1. The fourth-order valence-electron chi connectivity index (χ4n) is 2.99. The van der Waals surface area contributed by atoms with Crippen LogP contribution in [-0.4, -0.2) is 48.9 Å². The topological polar surface area (TPSA) is 116 Å². The van der Waals surface area contributed by atoms with Gasteiger partial charge in [-0.2, -0.15) is 0 Å². The minimum absolute atomic E-state index is 0.00895. The van der Waals surface area contributed by atoms with Gasteiger partial charge in [-0.25, -0.2) is 4.79 Å². The first-order valence-corrected chi connectivity index (χ1v) is 8.97. The standard InChI is InChI=1S/C21H20N2O6/c1-28-10-2-9-23-19(25)16-8-7-15(11-17(16)20(23)26)21(27)29-12-13-3-5-14(6-4-13)18(22)24/h3-8,11H,2,9-10,12H2,1H3,(H2,22,24). The Morgan fingerprint density at radius 1 is 0.966 bits per heavy atom. The van der Waals surface area contributed by atoms with Crippen LogP contribution in [0.5, 0.6) is 0 Å². The summed E-state index contributed by atoms with van der Waals surface area (Å²) in [7, 11) is 1.55. The second kappa shape index (κ2) is 8.66. The van der Waals surface area contributed by atoms with Gasteiger partial charge in [0.1, 0.15) is 6.61 Å². The fraction of sp³-hybridized carbons (Fsp3) is 0.238. The third-order valence-corrected chi connectivity index (χ3v) is 4.54. The Bertz CT molecular complexity index is 968. The van der Waals surface area contributed by atoms with Gasteiger partial charge < -0.3 is 15.2 Å². The largest absolute Gasteiger partial charge is 0.457 e. The van der Waals surface area contributed by atoms with Crippen LogP contribution in [0, 0.1) is 0 Å². The SMILES string of the molecule is COCCCN1C(=O)c2ccc(C(=O)OCc3ccc(C(N)=O)cc3)cc2C1=O. The summed E-state index contributed by atoms with van der Waals surface area (Å²) in [6.07, 6.45) is 0.533. The molecule has 0 radical (unpaired) electrons. The number of nitrogens with zero attached hydrogens (tertiary/aromatic N) is 1. The molecule has 8 heteroatoms. The van der Waals surface area contributed by atoms with Gasteiger partial charge >= 0.3 is 5.97 Å². The number of fused-ring (bicyclic) bond motifs is 1. The number of benzene rings is 2. The van der Waals surface area contributed by atoms with Gasteiger partial charge in [-0.15, -0.1) is 0 Å². The number of carbonyl (C=O) groups excluding carboxylic acids is 4. The van der Waals surface area contributed by atoms with Crippen LogP contribution in [0.4, 0.5) is 0 Å². The minimum Gasteiger partial charge on any atom is -0.457 e. The normalized spacial score (nSPS) is 12.8. The van der Waals surface area contributed by atoms with Crippen LogP contribution in [0.15, 0.2) is 42.5 Å². The molecule has 0 atom stereocenters. The second-order valence-corrected chi connectivity index (χ2v) is 6.51. The Morgan fingerprint density at radius 2 is 1.62 bits per heavy atom. The third-order valence-electron chi connectivity index (χ3n) is 4.54. The number of carbonyl (C=O) groups is 4. The van der Waals surface area contributed by atoms with Crippen LogP contribution >= 0.6 is 0 Å². The van der Waals surface area contributed by atoms with Gasteiger partial charge in [0.2, 0.25) is 5.91 Å². The van der Waals surface area contributed by atoms with E-state index in [1.165, 1.54) is 18.2 Å². The van der Waals surface area contributed by atoms with E-state index < -0.39 is 17.8 Å². The number of methoxy groups -OCH3 is 1. The first-order chi connectivity index (χ1) is 13.9. The number of ether oxygens (including phenoxy) is 2. The van der Waals surface area contributed by atoms with Crippen molar-refractivity contribution in [3.8, 4) is 0 Å². The summed E-state index contributed by atoms with van der Waals surface area (Å²) < 4.78 is 10.2. The molecule has 2 N–H and O–H groups in total. The van der Waals surface area contributed by atoms with Gasteiger partial charge in [0.25, 0.3) is 11.8 Å². The van der Waals surface area contributed by atoms with E-state index in [0.717, 1.165) is 4.90 Å². The van der Waals surface area contributed by atoms with Crippen molar-refractivity contribution in [2.75, 3.05) is 20.3 Å². The first kappa shape index (κ1) is 20.2. The molecule has 1 aliphatic heterocycles. The predicted molar refractivity (Wildman–Crippen MR) is 102 cm³/mol. The molecule has 1 heterocycles. The lowest BCUT2D eigenvalue weighted by molar-refractivity contribution is 0.0472. The van der Waals surface area contributed by atoms with E-state index in [1.54, 1.807) is 31.4 Å². The van der Waals surface area contributed by atoms with Crippen molar-refractivity contribution in [2.24, 2.45) is 5.73 Å². The molecule has 29 heavy (non-hydrogen) atoms. The van der Waals surface area contributed by atoms with Crippen LogP contribution in [0.2, 0.25) is 0 Å². The average molecular weight is 396 g/mol. The summed E-state index contributed by atoms with van der Waals surface area (Å²) in [5, 5.41) is 0. The Kier molecular flexibility index (Phi) is 6.04. The van der Waals surface area contributed by atoms with E-state index in [-0.39, 0.29) is 35.7 Å². The summed E-state index contributed by atoms with van der Waals surface area (Å²) in [5.74, 6) is -1.97. The molecule has 0 saturated heterocycles. The highest BCUT2D eigenvalue weighted by molar-refractivity contribution is 6.21. The van der Waals surface area contributed by atoms with Crippen molar-refractivity contribution < 1.29 is 28.7 Å². The lowest BCUT2D eigenvalue weighted by Gasteiger charge is -2.12. The summed E-state index contributed by atoms with van der Waals surface area (Å²) in [6, 6.07) is 10.7. The predicted octanol–water partition coefficient (Wildman–Crippen LogP) is 1.78. The van der Waals surface area contributed by atoms with Crippen molar-refractivity contribution in [1.29, 1.82) is 0 Å². The molecule has 2 aromatic carbocycles. The molecule has 0 unspecified atom stereocenters. The molecule has 0 spiro atoms. The lowest BCUT2D eigenvalue weighted by atomic mass is 10.1. The first-order valence-electron chi connectivity index (χ1n) is 8.97. The molecule has 8 nitrogen and oxygen atoms in total. The van der Waals surface area contributed by atoms with Crippen LogP contribution in [-0.2, 0) is 16.1 Å². The van der Waals surface area contributed by atoms with Crippen molar-refractivity contribution in [3.05, 3.63) is 70.3 Å². The Balaban J connectivity index is 1.67. The molecule has 0 aliphatic carbocycles. The van der Waals surface area contributed by atoms with Crippen molar-refractivity contribution in [1.82, 2.24) is 4.90 Å². The Labute approximate surface area is 167 Å². The highest BCUT2D eigenvalue weighted by atomic mass is 16.5. The summed E-state index contributed by atoms with van der Waals surface area (Å²) >= 11 is 0. The number of hydrogen-bond acceptors (Lipinski definition) is 6. The van der Waals surface area contributed by atoms with Gasteiger partial charge in [-0.3, -0.25) is 19.3 Å². The van der Waals surface area contributed by atoms with Crippen molar-refractivity contribution >= 4 is 23.7 Å². The fourth-order valence-corrected chi connectivity index (χ4v) is 2.99. The molecular formula is C21H20N2O6. The summed E-state index contributed by atoms with van der Waals surface area (Å²) in [5.41, 5.74) is 6.86. The maximum Gasteiger partial charge on any atom is 0.338 e. The molecule has 150 valence electrons. The molecule has 0 saturated carbocycles. The maximum atomic E-state index is 12.5. The van der Waals surface area contributed by atoms with Gasteiger partial charge in [-0.1, -0.05) is 12.1 Å². The van der Waals surface area contributed by atoms with Gasteiger partial charge in [-0.05, 0) is 42.3 Å². The van der Waals surface area contributed by atoms with E-state index in [1.807, 2.05) is 0 Å². The zero-order valence-electron chi connectivity index (χ0n) is 15.8.